The van der Waals surface area contributed by atoms with E-state index in [9.17, 15) is 4.79 Å². The maximum atomic E-state index is 12.6. The molecule has 2 heteroatoms. The van der Waals surface area contributed by atoms with Crippen LogP contribution >= 0.6 is 0 Å². The molecule has 1 spiro atoms. The molecule has 0 radical (unpaired) electrons. The van der Waals surface area contributed by atoms with Gasteiger partial charge in [0.2, 0.25) is 0 Å². The van der Waals surface area contributed by atoms with Crippen LogP contribution in [-0.4, -0.2) is 18.0 Å². The van der Waals surface area contributed by atoms with Gasteiger partial charge in [0.25, 0.3) is 0 Å². The van der Waals surface area contributed by atoms with Crippen molar-refractivity contribution in [3.63, 3.8) is 0 Å². The van der Waals surface area contributed by atoms with Crippen molar-refractivity contribution in [1.82, 2.24) is 0 Å². The number of ketones is 1. The molecule has 20 heavy (non-hydrogen) atoms. The quantitative estimate of drug-likeness (QED) is 0.769. The Balaban J connectivity index is 1.70. The van der Waals surface area contributed by atoms with Crippen molar-refractivity contribution in [3.8, 4) is 0 Å². The van der Waals surface area contributed by atoms with Gasteiger partial charge in [0.05, 0.1) is 5.60 Å². The molecule has 2 fully saturated rings. The molecule has 2 atom stereocenters. The molecule has 1 saturated heterocycles. The normalized spacial score (nSPS) is 26.6. The van der Waals surface area contributed by atoms with Crippen LogP contribution in [0.1, 0.15) is 55.8 Å². The van der Waals surface area contributed by atoms with Crippen LogP contribution in [0.25, 0.3) is 0 Å². The lowest BCUT2D eigenvalue weighted by Gasteiger charge is -2.40. The molecule has 1 aromatic rings. The molecule has 0 N–H and O–H groups in total. The van der Waals surface area contributed by atoms with Gasteiger partial charge in [-0.2, -0.15) is 0 Å². The van der Waals surface area contributed by atoms with Gasteiger partial charge in [0, 0.05) is 18.1 Å². The molecule has 1 aliphatic heterocycles. The SMILES string of the molecule is CC(C(=O)c1ccccc1)C1CCOC2(CCCC2)C1. The second kappa shape index (κ2) is 5.69. The second-order valence-corrected chi connectivity index (χ2v) is 6.51. The number of ether oxygens (including phenoxy) is 1. The van der Waals surface area contributed by atoms with Gasteiger partial charge in [-0.05, 0) is 31.6 Å². The average Bonchev–Trinajstić information content (AvgIpc) is 2.94. The highest BCUT2D eigenvalue weighted by Gasteiger charge is 2.42. The zero-order valence-electron chi connectivity index (χ0n) is 12.3. The average molecular weight is 272 g/mol. The summed E-state index contributed by atoms with van der Waals surface area (Å²) in [5.41, 5.74) is 0.959. The standard InChI is InChI=1S/C18H24O2/c1-14(17(19)15-7-3-2-4-8-15)16-9-12-20-18(13-16)10-5-6-11-18/h2-4,7-8,14,16H,5-6,9-13H2,1H3. The Bertz CT molecular complexity index is 460. The largest absolute Gasteiger partial charge is 0.375 e. The number of hydrogen-bond acceptors (Lipinski definition) is 2. The van der Waals surface area contributed by atoms with E-state index in [0.717, 1.165) is 25.0 Å². The van der Waals surface area contributed by atoms with Crippen molar-refractivity contribution in [2.24, 2.45) is 11.8 Å². The first kappa shape index (κ1) is 13.8. The van der Waals surface area contributed by atoms with E-state index >= 15 is 0 Å². The van der Waals surface area contributed by atoms with E-state index in [1.165, 1.54) is 25.7 Å². The summed E-state index contributed by atoms with van der Waals surface area (Å²) in [6.07, 6.45) is 7.06. The van der Waals surface area contributed by atoms with Gasteiger partial charge in [-0.1, -0.05) is 50.1 Å². The molecule has 2 aliphatic rings. The first-order valence-corrected chi connectivity index (χ1v) is 7.93. The molecule has 2 nitrogen and oxygen atoms in total. The maximum Gasteiger partial charge on any atom is 0.165 e. The van der Waals surface area contributed by atoms with Crippen molar-refractivity contribution < 1.29 is 9.53 Å². The minimum absolute atomic E-state index is 0.105. The molecular formula is C18H24O2. The van der Waals surface area contributed by atoms with E-state index in [-0.39, 0.29) is 11.5 Å². The van der Waals surface area contributed by atoms with Crippen LogP contribution in [-0.2, 0) is 4.74 Å². The third kappa shape index (κ3) is 2.67. The summed E-state index contributed by atoms with van der Waals surface area (Å²) >= 11 is 0. The Kier molecular flexibility index (Phi) is 3.93. The second-order valence-electron chi connectivity index (χ2n) is 6.51. The van der Waals surface area contributed by atoms with Gasteiger partial charge in [0.1, 0.15) is 0 Å². The summed E-state index contributed by atoms with van der Waals surface area (Å²) in [6, 6.07) is 9.72. The van der Waals surface area contributed by atoms with Gasteiger partial charge < -0.3 is 4.74 Å². The molecule has 3 rings (SSSR count). The number of carbonyl (C=O) groups excluding carboxylic acids is 1. The summed E-state index contributed by atoms with van der Waals surface area (Å²) < 4.78 is 6.08. The highest BCUT2D eigenvalue weighted by atomic mass is 16.5. The number of hydrogen-bond donors (Lipinski definition) is 0. The fraction of sp³-hybridized carbons (Fsp3) is 0.611. The van der Waals surface area contributed by atoms with E-state index < -0.39 is 0 Å². The van der Waals surface area contributed by atoms with Gasteiger partial charge in [-0.15, -0.1) is 0 Å². The molecule has 1 heterocycles. The lowest BCUT2D eigenvalue weighted by molar-refractivity contribution is -0.0979. The molecule has 1 aromatic carbocycles. The summed E-state index contributed by atoms with van der Waals surface area (Å²) in [4.78, 5) is 12.6. The summed E-state index contributed by atoms with van der Waals surface area (Å²) in [5.74, 6) is 0.888. The maximum absolute atomic E-state index is 12.6. The summed E-state index contributed by atoms with van der Waals surface area (Å²) in [7, 11) is 0. The first-order valence-electron chi connectivity index (χ1n) is 7.93. The van der Waals surface area contributed by atoms with Gasteiger partial charge >= 0.3 is 0 Å². The van der Waals surface area contributed by atoms with Crippen molar-refractivity contribution in [2.75, 3.05) is 6.61 Å². The van der Waals surface area contributed by atoms with Gasteiger partial charge in [0.15, 0.2) is 5.78 Å². The summed E-state index contributed by atoms with van der Waals surface area (Å²) in [6.45, 7) is 2.94. The third-order valence-electron chi connectivity index (χ3n) is 5.22. The monoisotopic (exact) mass is 272 g/mol. The Hall–Kier alpha value is -1.15. The topological polar surface area (TPSA) is 26.3 Å². The highest BCUT2D eigenvalue weighted by Crippen LogP contribution is 2.44. The van der Waals surface area contributed by atoms with E-state index in [1.807, 2.05) is 30.3 Å². The van der Waals surface area contributed by atoms with Crippen LogP contribution in [0, 0.1) is 11.8 Å². The zero-order chi connectivity index (χ0) is 14.0. The highest BCUT2D eigenvalue weighted by molar-refractivity contribution is 5.97. The third-order valence-corrected chi connectivity index (χ3v) is 5.22. The molecule has 0 aromatic heterocycles. The van der Waals surface area contributed by atoms with E-state index in [4.69, 9.17) is 4.74 Å². The van der Waals surface area contributed by atoms with Crippen LogP contribution in [0.15, 0.2) is 30.3 Å². The van der Waals surface area contributed by atoms with Gasteiger partial charge in [-0.25, -0.2) is 0 Å². The van der Waals surface area contributed by atoms with Crippen molar-refractivity contribution >= 4 is 5.78 Å². The van der Waals surface area contributed by atoms with E-state index in [1.54, 1.807) is 0 Å². The number of carbonyl (C=O) groups is 1. The fourth-order valence-electron chi connectivity index (χ4n) is 3.94. The number of Topliss-reactive ketones (excluding diaryl/α,β-unsaturated/α-hetero) is 1. The fourth-order valence-corrected chi connectivity index (χ4v) is 3.94. The van der Waals surface area contributed by atoms with Crippen molar-refractivity contribution in [1.29, 1.82) is 0 Å². The minimum atomic E-state index is 0.105. The number of rotatable bonds is 3. The molecule has 2 unspecified atom stereocenters. The van der Waals surface area contributed by atoms with Crippen LogP contribution in [0.5, 0.6) is 0 Å². The summed E-state index contributed by atoms with van der Waals surface area (Å²) in [5, 5.41) is 0. The zero-order valence-corrected chi connectivity index (χ0v) is 12.3. The van der Waals surface area contributed by atoms with Crippen LogP contribution in [0.2, 0.25) is 0 Å². The van der Waals surface area contributed by atoms with Crippen molar-refractivity contribution in [2.45, 2.75) is 51.0 Å². The van der Waals surface area contributed by atoms with E-state index in [2.05, 4.69) is 6.92 Å². The van der Waals surface area contributed by atoms with E-state index in [0.29, 0.717) is 11.7 Å². The van der Waals surface area contributed by atoms with Crippen LogP contribution in [0.3, 0.4) is 0 Å². The Morgan fingerprint density at radius 3 is 2.65 bits per heavy atom. The lowest BCUT2D eigenvalue weighted by Crippen LogP contribution is -2.40. The minimum Gasteiger partial charge on any atom is -0.375 e. The molecule has 1 saturated carbocycles. The molecule has 108 valence electrons. The smallest absolute Gasteiger partial charge is 0.165 e. The molecular weight excluding hydrogens is 248 g/mol. The van der Waals surface area contributed by atoms with Crippen LogP contribution in [0.4, 0.5) is 0 Å². The first-order chi connectivity index (χ1) is 9.70. The Morgan fingerprint density at radius 1 is 1.25 bits per heavy atom. The van der Waals surface area contributed by atoms with Crippen molar-refractivity contribution in [3.05, 3.63) is 35.9 Å². The lowest BCUT2D eigenvalue weighted by atomic mass is 9.76. The Labute approximate surface area is 121 Å². The predicted octanol–water partition coefficient (Wildman–Crippen LogP) is 4.24. The molecule has 1 aliphatic carbocycles. The molecule has 0 amide bonds. The molecule has 0 bridgehead atoms. The van der Waals surface area contributed by atoms with Crippen LogP contribution < -0.4 is 0 Å². The predicted molar refractivity (Wildman–Crippen MR) is 79.8 cm³/mol. The Morgan fingerprint density at radius 2 is 1.95 bits per heavy atom. The van der Waals surface area contributed by atoms with Gasteiger partial charge in [-0.3, -0.25) is 4.79 Å². The number of benzene rings is 1.